The maximum absolute atomic E-state index is 12.0. The second-order valence-electron chi connectivity index (χ2n) is 6.55. The molecule has 1 aromatic carbocycles. The topological polar surface area (TPSA) is 44.8 Å². The largest absolute Gasteiger partial charge is 0.383 e. The summed E-state index contributed by atoms with van der Waals surface area (Å²) in [5.41, 5.74) is 2.06. The highest BCUT2D eigenvalue weighted by Crippen LogP contribution is 2.11. The summed E-state index contributed by atoms with van der Waals surface area (Å²) in [6, 6.07) is 7.94. The summed E-state index contributed by atoms with van der Waals surface area (Å²) in [6.45, 7) is 9.47. The van der Waals surface area contributed by atoms with Gasteiger partial charge in [-0.1, -0.05) is 12.1 Å². The van der Waals surface area contributed by atoms with Gasteiger partial charge in [0.2, 0.25) is 5.91 Å². The number of aryl methyl sites for hydroxylation is 1. The third-order valence-electron chi connectivity index (χ3n) is 4.51. The number of piperazine rings is 1. The highest BCUT2D eigenvalue weighted by molar-refractivity contribution is 5.90. The summed E-state index contributed by atoms with van der Waals surface area (Å²) in [4.78, 5) is 16.9. The first kappa shape index (κ1) is 18.9. The Bertz CT molecular complexity index is 499. The fraction of sp³-hybridized carbons (Fsp3) is 0.632. The lowest BCUT2D eigenvalue weighted by atomic mass is 10.2. The van der Waals surface area contributed by atoms with Crippen LogP contribution in [0.1, 0.15) is 24.8 Å². The molecule has 2 rings (SSSR count). The van der Waals surface area contributed by atoms with Crippen molar-refractivity contribution in [3.63, 3.8) is 0 Å². The van der Waals surface area contributed by atoms with E-state index >= 15 is 0 Å². The fourth-order valence-electron chi connectivity index (χ4n) is 3.02. The number of unbranched alkanes of at least 4 members (excludes halogenated alkanes) is 1. The van der Waals surface area contributed by atoms with Gasteiger partial charge in [0, 0.05) is 51.9 Å². The van der Waals surface area contributed by atoms with Gasteiger partial charge in [-0.2, -0.15) is 0 Å². The molecule has 5 heteroatoms. The molecule has 134 valence electrons. The number of ether oxygens (including phenoxy) is 1. The van der Waals surface area contributed by atoms with E-state index in [1.165, 1.54) is 0 Å². The first-order valence-corrected chi connectivity index (χ1v) is 8.97. The second-order valence-corrected chi connectivity index (χ2v) is 6.55. The number of hydrogen-bond acceptors (Lipinski definition) is 4. The van der Waals surface area contributed by atoms with Gasteiger partial charge in [0.15, 0.2) is 0 Å². The van der Waals surface area contributed by atoms with Crippen molar-refractivity contribution in [1.29, 1.82) is 0 Å². The van der Waals surface area contributed by atoms with Crippen molar-refractivity contribution in [2.45, 2.75) is 26.2 Å². The van der Waals surface area contributed by atoms with Crippen LogP contribution >= 0.6 is 0 Å². The van der Waals surface area contributed by atoms with Crippen LogP contribution in [0.25, 0.3) is 0 Å². The zero-order chi connectivity index (χ0) is 17.2. The number of benzene rings is 1. The van der Waals surface area contributed by atoms with Crippen LogP contribution in [-0.2, 0) is 9.53 Å². The van der Waals surface area contributed by atoms with Crippen molar-refractivity contribution in [2.75, 3.05) is 58.3 Å². The summed E-state index contributed by atoms with van der Waals surface area (Å²) >= 11 is 0. The molecule has 24 heavy (non-hydrogen) atoms. The molecule has 1 aliphatic rings. The van der Waals surface area contributed by atoms with Crippen LogP contribution in [0.3, 0.4) is 0 Å². The summed E-state index contributed by atoms with van der Waals surface area (Å²) in [7, 11) is 1.76. The van der Waals surface area contributed by atoms with Crippen molar-refractivity contribution >= 4 is 11.6 Å². The first-order chi connectivity index (χ1) is 11.7. The summed E-state index contributed by atoms with van der Waals surface area (Å²) in [5, 5.41) is 2.98. The van der Waals surface area contributed by atoms with Crippen LogP contribution in [0.2, 0.25) is 0 Å². The Balaban J connectivity index is 1.54. The van der Waals surface area contributed by atoms with Crippen LogP contribution in [0, 0.1) is 6.92 Å². The monoisotopic (exact) mass is 333 g/mol. The van der Waals surface area contributed by atoms with Gasteiger partial charge >= 0.3 is 0 Å². The molecule has 0 aromatic heterocycles. The molecule has 0 atom stereocenters. The Hall–Kier alpha value is -1.43. The van der Waals surface area contributed by atoms with Crippen molar-refractivity contribution < 1.29 is 9.53 Å². The third-order valence-corrected chi connectivity index (χ3v) is 4.51. The summed E-state index contributed by atoms with van der Waals surface area (Å²) in [5.74, 6) is 0.116. The predicted octanol–water partition coefficient (Wildman–Crippen LogP) is 2.37. The molecule has 1 N–H and O–H groups in total. The molecule has 1 amide bonds. The molecule has 1 aliphatic heterocycles. The number of hydrogen-bond donors (Lipinski definition) is 1. The Morgan fingerprint density at radius 2 is 1.83 bits per heavy atom. The van der Waals surface area contributed by atoms with E-state index in [0.717, 1.165) is 70.0 Å². The zero-order valence-corrected chi connectivity index (χ0v) is 15.1. The Morgan fingerprint density at radius 1 is 1.12 bits per heavy atom. The maximum Gasteiger partial charge on any atom is 0.224 e. The first-order valence-electron chi connectivity index (χ1n) is 8.97. The number of nitrogens with one attached hydrogen (secondary N) is 1. The minimum atomic E-state index is 0.116. The quantitative estimate of drug-likeness (QED) is 0.705. The Kier molecular flexibility index (Phi) is 8.22. The van der Waals surface area contributed by atoms with Crippen molar-refractivity contribution in [3.8, 4) is 0 Å². The van der Waals surface area contributed by atoms with E-state index in [0.29, 0.717) is 6.42 Å². The van der Waals surface area contributed by atoms with Crippen LogP contribution in [0.5, 0.6) is 0 Å². The van der Waals surface area contributed by atoms with Crippen molar-refractivity contribution in [2.24, 2.45) is 0 Å². The van der Waals surface area contributed by atoms with E-state index in [-0.39, 0.29) is 5.91 Å². The molecule has 1 fully saturated rings. The average Bonchev–Trinajstić information content (AvgIpc) is 2.58. The number of carbonyl (C=O) groups excluding carboxylic acids is 1. The normalized spacial score (nSPS) is 16.2. The highest BCUT2D eigenvalue weighted by Gasteiger charge is 2.15. The highest BCUT2D eigenvalue weighted by atomic mass is 16.5. The smallest absolute Gasteiger partial charge is 0.224 e. The minimum Gasteiger partial charge on any atom is -0.383 e. The molecule has 5 nitrogen and oxygen atoms in total. The van der Waals surface area contributed by atoms with E-state index in [9.17, 15) is 4.79 Å². The molecule has 1 saturated heterocycles. The standard InChI is InChI=1S/C19H31N3O2/c1-17-6-5-7-18(16-17)20-19(23)8-3-4-9-21-10-12-22(13-11-21)14-15-24-2/h5-7,16H,3-4,8-15H2,1-2H3,(H,20,23). The number of anilines is 1. The molecule has 0 spiro atoms. The molecule has 0 bridgehead atoms. The predicted molar refractivity (Wildman–Crippen MR) is 98.4 cm³/mol. The van der Waals surface area contributed by atoms with E-state index in [1.54, 1.807) is 7.11 Å². The van der Waals surface area contributed by atoms with E-state index < -0.39 is 0 Å². The van der Waals surface area contributed by atoms with E-state index in [2.05, 4.69) is 15.1 Å². The Labute approximate surface area is 146 Å². The lowest BCUT2D eigenvalue weighted by Crippen LogP contribution is -2.47. The average molecular weight is 333 g/mol. The van der Waals surface area contributed by atoms with Gasteiger partial charge < -0.3 is 15.0 Å². The van der Waals surface area contributed by atoms with Gasteiger partial charge in [-0.25, -0.2) is 0 Å². The molecule has 1 aromatic rings. The minimum absolute atomic E-state index is 0.116. The SMILES string of the molecule is COCCN1CCN(CCCCC(=O)Nc2cccc(C)c2)CC1. The molecular weight excluding hydrogens is 302 g/mol. The van der Waals surface area contributed by atoms with Crippen LogP contribution in [0.15, 0.2) is 24.3 Å². The lowest BCUT2D eigenvalue weighted by molar-refractivity contribution is -0.116. The molecular formula is C19H31N3O2. The van der Waals surface area contributed by atoms with Crippen molar-refractivity contribution in [3.05, 3.63) is 29.8 Å². The molecule has 1 heterocycles. The van der Waals surface area contributed by atoms with Gasteiger partial charge in [-0.3, -0.25) is 9.69 Å². The van der Waals surface area contributed by atoms with Gasteiger partial charge in [0.05, 0.1) is 6.61 Å². The summed E-state index contributed by atoms with van der Waals surface area (Å²) < 4.78 is 5.13. The number of rotatable bonds is 9. The maximum atomic E-state index is 12.0. The van der Waals surface area contributed by atoms with E-state index in [1.807, 2.05) is 31.2 Å². The molecule has 0 saturated carbocycles. The molecule has 0 aliphatic carbocycles. The number of nitrogens with zero attached hydrogens (tertiary/aromatic N) is 2. The van der Waals surface area contributed by atoms with Crippen molar-refractivity contribution in [1.82, 2.24) is 9.80 Å². The van der Waals surface area contributed by atoms with Crippen LogP contribution in [-0.4, -0.2) is 68.7 Å². The van der Waals surface area contributed by atoms with E-state index in [4.69, 9.17) is 4.74 Å². The number of carbonyl (C=O) groups is 1. The van der Waals surface area contributed by atoms with Crippen LogP contribution < -0.4 is 5.32 Å². The third kappa shape index (κ3) is 6.99. The van der Waals surface area contributed by atoms with Gasteiger partial charge in [-0.05, 0) is 44.0 Å². The number of amides is 1. The Morgan fingerprint density at radius 3 is 2.50 bits per heavy atom. The van der Waals surface area contributed by atoms with Gasteiger partial charge in [-0.15, -0.1) is 0 Å². The zero-order valence-electron chi connectivity index (χ0n) is 15.1. The summed E-state index contributed by atoms with van der Waals surface area (Å²) in [6.07, 6.45) is 2.63. The second kappa shape index (κ2) is 10.4. The van der Waals surface area contributed by atoms with Crippen LogP contribution in [0.4, 0.5) is 5.69 Å². The lowest BCUT2D eigenvalue weighted by Gasteiger charge is -2.34. The van der Waals surface area contributed by atoms with Gasteiger partial charge in [0.25, 0.3) is 0 Å². The number of methoxy groups -OCH3 is 1. The van der Waals surface area contributed by atoms with Gasteiger partial charge in [0.1, 0.15) is 0 Å². The molecule has 0 unspecified atom stereocenters. The molecule has 0 radical (unpaired) electrons. The fourth-order valence-corrected chi connectivity index (χ4v) is 3.02.